The number of hydrogen-bond donors (Lipinski definition) is 1. The third kappa shape index (κ3) is 3.44. The van der Waals surface area contributed by atoms with E-state index in [1.54, 1.807) is 7.11 Å². The van der Waals surface area contributed by atoms with Gasteiger partial charge >= 0.3 is 0 Å². The van der Waals surface area contributed by atoms with Crippen LogP contribution in [0.25, 0.3) is 0 Å². The van der Waals surface area contributed by atoms with Crippen LogP contribution in [0.3, 0.4) is 0 Å². The quantitative estimate of drug-likeness (QED) is 0.594. The number of nitrogens with zero attached hydrogens (tertiary/aromatic N) is 1. The molecule has 3 heteroatoms. The Morgan fingerprint density at radius 2 is 2.13 bits per heavy atom. The SMILES string of the molecule is COCCCN(C)c1ccc(N)cc1C. The third-order valence-electron chi connectivity index (χ3n) is 2.47. The molecule has 0 aliphatic rings. The molecular weight excluding hydrogens is 188 g/mol. The summed E-state index contributed by atoms with van der Waals surface area (Å²) in [7, 11) is 3.82. The van der Waals surface area contributed by atoms with Crippen molar-refractivity contribution in [3.63, 3.8) is 0 Å². The van der Waals surface area contributed by atoms with Gasteiger partial charge in [0, 0.05) is 38.7 Å². The van der Waals surface area contributed by atoms with Gasteiger partial charge in [0.05, 0.1) is 0 Å². The van der Waals surface area contributed by atoms with Crippen molar-refractivity contribution in [3.8, 4) is 0 Å². The molecule has 0 amide bonds. The van der Waals surface area contributed by atoms with Crippen LogP contribution in [0.4, 0.5) is 11.4 Å². The lowest BCUT2D eigenvalue weighted by molar-refractivity contribution is 0.196. The summed E-state index contributed by atoms with van der Waals surface area (Å²) in [4.78, 5) is 2.23. The molecule has 1 aromatic rings. The van der Waals surface area contributed by atoms with Crippen molar-refractivity contribution < 1.29 is 4.74 Å². The Hall–Kier alpha value is -1.22. The van der Waals surface area contributed by atoms with Crippen LogP contribution in [-0.4, -0.2) is 27.3 Å². The lowest BCUT2D eigenvalue weighted by Gasteiger charge is -2.21. The molecule has 0 saturated carbocycles. The molecule has 0 bridgehead atoms. The summed E-state index contributed by atoms with van der Waals surface area (Å²) in [5.41, 5.74) is 8.99. The zero-order valence-electron chi connectivity index (χ0n) is 9.79. The summed E-state index contributed by atoms with van der Waals surface area (Å²) in [5.74, 6) is 0. The Balaban J connectivity index is 2.61. The number of benzene rings is 1. The standard InChI is InChI=1S/C12H20N2O/c1-10-9-11(13)5-6-12(10)14(2)7-4-8-15-3/h5-6,9H,4,7-8,13H2,1-3H3. The molecule has 0 aliphatic carbocycles. The van der Waals surface area contributed by atoms with Crippen LogP contribution in [-0.2, 0) is 4.74 Å². The predicted molar refractivity (Wildman–Crippen MR) is 65.4 cm³/mol. The summed E-state index contributed by atoms with van der Waals surface area (Å²) >= 11 is 0. The Morgan fingerprint density at radius 1 is 1.40 bits per heavy atom. The highest BCUT2D eigenvalue weighted by Crippen LogP contribution is 2.21. The second kappa shape index (κ2) is 5.61. The van der Waals surface area contributed by atoms with Crippen molar-refractivity contribution >= 4 is 11.4 Å². The summed E-state index contributed by atoms with van der Waals surface area (Å²) in [6, 6.07) is 6.01. The molecule has 0 aromatic heterocycles. The van der Waals surface area contributed by atoms with Crippen LogP contribution in [0, 0.1) is 6.92 Å². The van der Waals surface area contributed by atoms with Crippen molar-refractivity contribution in [2.45, 2.75) is 13.3 Å². The second-order valence-electron chi connectivity index (χ2n) is 3.81. The van der Waals surface area contributed by atoms with Crippen molar-refractivity contribution in [3.05, 3.63) is 23.8 Å². The number of nitrogen functional groups attached to an aromatic ring is 1. The monoisotopic (exact) mass is 208 g/mol. The van der Waals surface area contributed by atoms with E-state index in [9.17, 15) is 0 Å². The van der Waals surface area contributed by atoms with Gasteiger partial charge in [-0.3, -0.25) is 0 Å². The molecule has 2 N–H and O–H groups in total. The zero-order valence-corrected chi connectivity index (χ0v) is 9.79. The van der Waals surface area contributed by atoms with Gasteiger partial charge in [-0.25, -0.2) is 0 Å². The summed E-state index contributed by atoms with van der Waals surface area (Å²) in [5, 5.41) is 0. The Kier molecular flexibility index (Phi) is 4.43. The summed E-state index contributed by atoms with van der Waals surface area (Å²) in [6.45, 7) is 3.88. The highest BCUT2D eigenvalue weighted by molar-refractivity contribution is 5.58. The van der Waals surface area contributed by atoms with Crippen LogP contribution in [0.15, 0.2) is 18.2 Å². The molecule has 1 aromatic carbocycles. The lowest BCUT2D eigenvalue weighted by atomic mass is 10.1. The molecular formula is C12H20N2O. The highest BCUT2D eigenvalue weighted by Gasteiger charge is 2.03. The van der Waals surface area contributed by atoms with E-state index in [1.165, 1.54) is 11.3 Å². The van der Waals surface area contributed by atoms with E-state index in [1.807, 2.05) is 12.1 Å². The van der Waals surface area contributed by atoms with Crippen LogP contribution < -0.4 is 10.6 Å². The van der Waals surface area contributed by atoms with E-state index < -0.39 is 0 Å². The molecule has 15 heavy (non-hydrogen) atoms. The molecule has 84 valence electrons. The maximum absolute atomic E-state index is 5.71. The van der Waals surface area contributed by atoms with E-state index in [0.29, 0.717) is 0 Å². The van der Waals surface area contributed by atoms with Crippen LogP contribution in [0.2, 0.25) is 0 Å². The van der Waals surface area contributed by atoms with Crippen LogP contribution in [0.5, 0.6) is 0 Å². The lowest BCUT2D eigenvalue weighted by Crippen LogP contribution is -2.20. The first-order chi connectivity index (χ1) is 7.15. The van der Waals surface area contributed by atoms with E-state index >= 15 is 0 Å². The van der Waals surface area contributed by atoms with Gasteiger partial charge in [0.2, 0.25) is 0 Å². The molecule has 0 heterocycles. The maximum atomic E-state index is 5.71. The number of aryl methyl sites for hydroxylation is 1. The molecule has 0 fully saturated rings. The van der Waals surface area contributed by atoms with Crippen LogP contribution in [0.1, 0.15) is 12.0 Å². The fourth-order valence-electron chi connectivity index (χ4n) is 1.67. The van der Waals surface area contributed by atoms with E-state index in [0.717, 1.165) is 25.3 Å². The molecule has 0 saturated heterocycles. The number of nitrogens with two attached hydrogens (primary N) is 1. The fourth-order valence-corrected chi connectivity index (χ4v) is 1.67. The molecule has 0 atom stereocenters. The van der Waals surface area contributed by atoms with E-state index in [-0.39, 0.29) is 0 Å². The van der Waals surface area contributed by atoms with Gasteiger partial charge in [-0.05, 0) is 37.1 Å². The molecule has 0 unspecified atom stereocenters. The first-order valence-corrected chi connectivity index (χ1v) is 5.21. The van der Waals surface area contributed by atoms with Crippen molar-refractivity contribution in [1.82, 2.24) is 0 Å². The Morgan fingerprint density at radius 3 is 2.73 bits per heavy atom. The first-order valence-electron chi connectivity index (χ1n) is 5.21. The van der Waals surface area contributed by atoms with Crippen molar-refractivity contribution in [2.75, 3.05) is 37.9 Å². The van der Waals surface area contributed by atoms with Crippen molar-refractivity contribution in [2.24, 2.45) is 0 Å². The van der Waals surface area contributed by atoms with Gasteiger partial charge < -0.3 is 15.4 Å². The normalized spacial score (nSPS) is 10.3. The molecule has 0 spiro atoms. The zero-order chi connectivity index (χ0) is 11.3. The topological polar surface area (TPSA) is 38.5 Å². The molecule has 1 rings (SSSR count). The van der Waals surface area contributed by atoms with Crippen molar-refractivity contribution in [1.29, 1.82) is 0 Å². The number of anilines is 2. The van der Waals surface area contributed by atoms with E-state index in [4.69, 9.17) is 10.5 Å². The number of hydrogen-bond acceptors (Lipinski definition) is 3. The number of methoxy groups -OCH3 is 1. The summed E-state index contributed by atoms with van der Waals surface area (Å²) in [6.07, 6.45) is 1.04. The van der Waals surface area contributed by atoms with E-state index in [2.05, 4.69) is 24.9 Å². The first kappa shape index (κ1) is 11.9. The minimum Gasteiger partial charge on any atom is -0.399 e. The van der Waals surface area contributed by atoms with Gasteiger partial charge in [0.15, 0.2) is 0 Å². The molecule has 0 radical (unpaired) electrons. The third-order valence-corrected chi connectivity index (χ3v) is 2.47. The smallest absolute Gasteiger partial charge is 0.0479 e. The van der Waals surface area contributed by atoms with Gasteiger partial charge in [-0.2, -0.15) is 0 Å². The maximum Gasteiger partial charge on any atom is 0.0479 e. The second-order valence-corrected chi connectivity index (χ2v) is 3.81. The van der Waals surface area contributed by atoms with Gasteiger partial charge in [0.1, 0.15) is 0 Å². The van der Waals surface area contributed by atoms with Crippen LogP contribution >= 0.6 is 0 Å². The molecule has 0 aliphatic heterocycles. The van der Waals surface area contributed by atoms with Gasteiger partial charge in [-0.1, -0.05) is 0 Å². The highest BCUT2D eigenvalue weighted by atomic mass is 16.5. The number of ether oxygens (including phenoxy) is 1. The average Bonchev–Trinajstić information content (AvgIpc) is 2.17. The minimum absolute atomic E-state index is 0.804. The fraction of sp³-hybridized carbons (Fsp3) is 0.500. The molecule has 3 nitrogen and oxygen atoms in total. The Bertz CT molecular complexity index is 312. The van der Waals surface area contributed by atoms with Gasteiger partial charge in [0.25, 0.3) is 0 Å². The predicted octanol–water partition coefficient (Wildman–Crippen LogP) is 2.05. The van der Waals surface area contributed by atoms with Gasteiger partial charge in [-0.15, -0.1) is 0 Å². The summed E-state index contributed by atoms with van der Waals surface area (Å²) < 4.78 is 5.03. The minimum atomic E-state index is 0.804. The Labute approximate surface area is 91.8 Å². The number of rotatable bonds is 5. The largest absolute Gasteiger partial charge is 0.399 e. The average molecular weight is 208 g/mol.